The fourth-order valence-electron chi connectivity index (χ4n) is 2.27. The first kappa shape index (κ1) is 17.2. The molecule has 0 radical (unpaired) electrons. The fourth-order valence-corrected chi connectivity index (χ4v) is 2.85. The number of nitrogens with one attached hydrogen (secondary N) is 1. The van der Waals surface area contributed by atoms with E-state index in [4.69, 9.17) is 0 Å². The monoisotopic (exact) mass is 296 g/mol. The molecule has 1 aromatic rings. The Bertz CT molecular complexity index is 411. The zero-order valence-electron chi connectivity index (χ0n) is 13.3. The Morgan fingerprint density at radius 1 is 1.35 bits per heavy atom. The summed E-state index contributed by atoms with van der Waals surface area (Å²) in [7, 11) is 2.09. The van der Waals surface area contributed by atoms with Gasteiger partial charge in [-0.05, 0) is 44.9 Å². The average Bonchev–Trinajstić information content (AvgIpc) is 2.43. The van der Waals surface area contributed by atoms with Gasteiger partial charge in [0.15, 0.2) is 0 Å². The molecule has 0 heterocycles. The van der Waals surface area contributed by atoms with Gasteiger partial charge in [-0.25, -0.2) is 0 Å². The van der Waals surface area contributed by atoms with Crippen molar-refractivity contribution in [2.45, 2.75) is 39.3 Å². The Morgan fingerprint density at radius 3 is 2.60 bits per heavy atom. The number of phenolic OH excluding ortho intramolecular Hbond substituents is 1. The van der Waals surface area contributed by atoms with Crippen LogP contribution in [0.15, 0.2) is 18.2 Å². The second-order valence-corrected chi connectivity index (χ2v) is 6.25. The number of benzene rings is 1. The highest BCUT2D eigenvalue weighted by Gasteiger charge is 2.14. The minimum atomic E-state index is 0.174. The van der Waals surface area contributed by atoms with E-state index in [9.17, 15) is 5.11 Å². The Balaban J connectivity index is 2.80. The number of aromatic hydroxyl groups is 1. The summed E-state index contributed by atoms with van der Waals surface area (Å²) in [5.74, 6) is 1.53. The molecule has 0 aromatic heterocycles. The van der Waals surface area contributed by atoms with Crippen LogP contribution in [0.5, 0.6) is 5.75 Å². The molecule has 20 heavy (non-hydrogen) atoms. The highest BCUT2D eigenvalue weighted by Crippen LogP contribution is 2.29. The van der Waals surface area contributed by atoms with Crippen LogP contribution in [-0.2, 0) is 0 Å². The Morgan fingerprint density at radius 2 is 2.05 bits per heavy atom. The first-order valence-electron chi connectivity index (χ1n) is 7.29. The summed E-state index contributed by atoms with van der Waals surface area (Å²) in [5.41, 5.74) is 2.03. The van der Waals surface area contributed by atoms with Crippen LogP contribution in [0.2, 0.25) is 0 Å². The summed E-state index contributed by atoms with van der Waals surface area (Å²) in [6.07, 6.45) is 3.28. The molecule has 1 aromatic carbocycles. The molecule has 0 aliphatic carbocycles. The van der Waals surface area contributed by atoms with E-state index in [1.807, 2.05) is 23.9 Å². The van der Waals surface area contributed by atoms with Crippen molar-refractivity contribution >= 4 is 17.4 Å². The van der Waals surface area contributed by atoms with Crippen LogP contribution in [0, 0.1) is 0 Å². The van der Waals surface area contributed by atoms with Crippen LogP contribution in [0.3, 0.4) is 0 Å². The Hall–Kier alpha value is -0.870. The maximum atomic E-state index is 10.2. The molecular weight excluding hydrogens is 268 g/mol. The van der Waals surface area contributed by atoms with Gasteiger partial charge in [-0.15, -0.1) is 0 Å². The summed E-state index contributed by atoms with van der Waals surface area (Å²) >= 11 is 1.87. The van der Waals surface area contributed by atoms with Gasteiger partial charge in [-0.2, -0.15) is 11.8 Å². The van der Waals surface area contributed by atoms with Crippen molar-refractivity contribution in [3.8, 4) is 5.75 Å². The highest BCUT2D eigenvalue weighted by molar-refractivity contribution is 7.98. The molecule has 0 spiro atoms. The summed E-state index contributed by atoms with van der Waals surface area (Å²) in [4.78, 5) is 2.23. The second kappa shape index (κ2) is 8.42. The van der Waals surface area contributed by atoms with Gasteiger partial charge >= 0.3 is 0 Å². The van der Waals surface area contributed by atoms with Crippen LogP contribution in [0.1, 0.15) is 38.8 Å². The lowest BCUT2D eigenvalue weighted by molar-refractivity contribution is 0.454. The summed E-state index contributed by atoms with van der Waals surface area (Å²) in [6.45, 7) is 7.27. The van der Waals surface area contributed by atoms with E-state index in [0.29, 0.717) is 11.8 Å². The van der Waals surface area contributed by atoms with E-state index in [0.717, 1.165) is 30.0 Å². The van der Waals surface area contributed by atoms with E-state index < -0.39 is 0 Å². The van der Waals surface area contributed by atoms with Gasteiger partial charge in [0.2, 0.25) is 0 Å². The maximum absolute atomic E-state index is 10.2. The number of hydrogen-bond donors (Lipinski definition) is 2. The predicted octanol–water partition coefficient (Wildman–Crippen LogP) is 3.64. The molecule has 0 amide bonds. The van der Waals surface area contributed by atoms with E-state index in [-0.39, 0.29) is 6.04 Å². The number of anilines is 1. The van der Waals surface area contributed by atoms with Crippen molar-refractivity contribution < 1.29 is 5.11 Å². The van der Waals surface area contributed by atoms with E-state index >= 15 is 0 Å². The van der Waals surface area contributed by atoms with E-state index in [1.165, 1.54) is 0 Å². The van der Waals surface area contributed by atoms with Crippen molar-refractivity contribution in [3.63, 3.8) is 0 Å². The van der Waals surface area contributed by atoms with E-state index in [1.54, 1.807) is 0 Å². The quantitative estimate of drug-likeness (QED) is 0.768. The van der Waals surface area contributed by atoms with Crippen molar-refractivity contribution in [2.75, 3.05) is 30.5 Å². The molecule has 3 nitrogen and oxygen atoms in total. The molecule has 114 valence electrons. The van der Waals surface area contributed by atoms with Gasteiger partial charge in [0.05, 0.1) is 0 Å². The molecule has 0 saturated heterocycles. The molecule has 0 fully saturated rings. The third kappa shape index (κ3) is 4.60. The molecule has 4 heteroatoms. The zero-order chi connectivity index (χ0) is 15.1. The molecule has 2 N–H and O–H groups in total. The standard InChI is InChI=1S/C16H28N2OS/c1-6-17-13(3)15-8-7-14(11-16(15)19)18(4)12(2)9-10-20-5/h7-8,11-13,17,19H,6,9-10H2,1-5H3. The summed E-state index contributed by atoms with van der Waals surface area (Å²) < 4.78 is 0. The summed E-state index contributed by atoms with van der Waals surface area (Å²) in [6, 6.07) is 6.64. The topological polar surface area (TPSA) is 35.5 Å². The molecule has 1 rings (SSSR count). The van der Waals surface area contributed by atoms with Crippen LogP contribution in [-0.4, -0.2) is 36.7 Å². The van der Waals surface area contributed by atoms with Crippen molar-refractivity contribution in [1.82, 2.24) is 5.32 Å². The van der Waals surface area contributed by atoms with Crippen LogP contribution in [0.4, 0.5) is 5.69 Å². The minimum Gasteiger partial charge on any atom is -0.508 e. The number of hydrogen-bond acceptors (Lipinski definition) is 4. The van der Waals surface area contributed by atoms with Crippen molar-refractivity contribution in [3.05, 3.63) is 23.8 Å². The van der Waals surface area contributed by atoms with Crippen molar-refractivity contribution in [1.29, 1.82) is 0 Å². The summed E-state index contributed by atoms with van der Waals surface area (Å²) in [5, 5.41) is 13.5. The van der Waals surface area contributed by atoms with Gasteiger partial charge in [0, 0.05) is 36.4 Å². The molecule has 0 aliphatic rings. The van der Waals surface area contributed by atoms with Crippen LogP contribution >= 0.6 is 11.8 Å². The van der Waals surface area contributed by atoms with Crippen LogP contribution < -0.4 is 10.2 Å². The lowest BCUT2D eigenvalue weighted by Crippen LogP contribution is -2.29. The minimum absolute atomic E-state index is 0.174. The first-order chi connectivity index (χ1) is 9.51. The normalized spacial score (nSPS) is 14.1. The number of rotatable bonds is 8. The van der Waals surface area contributed by atoms with E-state index in [2.05, 4.69) is 50.4 Å². The molecular formula is C16H28N2OS. The number of nitrogens with zero attached hydrogens (tertiary/aromatic N) is 1. The number of thioether (sulfide) groups is 1. The molecule has 0 saturated carbocycles. The molecule has 0 bridgehead atoms. The van der Waals surface area contributed by atoms with Gasteiger partial charge in [-0.1, -0.05) is 13.0 Å². The largest absolute Gasteiger partial charge is 0.508 e. The third-order valence-corrected chi connectivity index (χ3v) is 4.44. The Labute approximate surface area is 127 Å². The Kier molecular flexibility index (Phi) is 7.24. The predicted molar refractivity (Wildman–Crippen MR) is 91.1 cm³/mol. The first-order valence-corrected chi connectivity index (χ1v) is 8.68. The van der Waals surface area contributed by atoms with Crippen molar-refractivity contribution in [2.24, 2.45) is 0 Å². The highest BCUT2D eigenvalue weighted by atomic mass is 32.2. The van der Waals surface area contributed by atoms with Gasteiger partial charge < -0.3 is 15.3 Å². The SMILES string of the molecule is CCNC(C)c1ccc(N(C)C(C)CCSC)cc1O. The van der Waals surface area contributed by atoms with Crippen LogP contribution in [0.25, 0.3) is 0 Å². The maximum Gasteiger partial charge on any atom is 0.122 e. The van der Waals surface area contributed by atoms with Gasteiger partial charge in [-0.3, -0.25) is 0 Å². The fraction of sp³-hybridized carbons (Fsp3) is 0.625. The zero-order valence-corrected chi connectivity index (χ0v) is 14.1. The average molecular weight is 296 g/mol. The third-order valence-electron chi connectivity index (χ3n) is 3.80. The molecule has 2 unspecified atom stereocenters. The van der Waals surface area contributed by atoms with Gasteiger partial charge in [0.1, 0.15) is 5.75 Å². The van der Waals surface area contributed by atoms with Gasteiger partial charge in [0.25, 0.3) is 0 Å². The lowest BCUT2D eigenvalue weighted by Gasteiger charge is -2.27. The smallest absolute Gasteiger partial charge is 0.122 e. The molecule has 0 aliphatic heterocycles. The number of phenols is 1. The molecule has 2 atom stereocenters. The second-order valence-electron chi connectivity index (χ2n) is 5.26. The lowest BCUT2D eigenvalue weighted by atomic mass is 10.1.